The first-order valence-electron chi connectivity index (χ1n) is 7.12. The van der Waals surface area contributed by atoms with Gasteiger partial charge in [0, 0.05) is 15.9 Å². The van der Waals surface area contributed by atoms with Crippen molar-refractivity contribution in [1.82, 2.24) is 9.97 Å². The number of nitrogens with zero attached hydrogens (tertiary/aromatic N) is 1. The third kappa shape index (κ3) is 3.87. The van der Waals surface area contributed by atoms with Crippen LogP contribution in [0.1, 0.15) is 23.7 Å². The lowest BCUT2D eigenvalue weighted by molar-refractivity contribution is -0.137. The molecule has 4 nitrogen and oxygen atoms in total. The van der Waals surface area contributed by atoms with E-state index in [0.717, 1.165) is 26.0 Å². The van der Waals surface area contributed by atoms with E-state index in [9.17, 15) is 9.18 Å². The number of halogens is 2. The number of hydrogen-bond acceptors (Lipinski definition) is 2. The average molecular weight is 424 g/mol. The van der Waals surface area contributed by atoms with Crippen molar-refractivity contribution in [2.75, 3.05) is 0 Å². The van der Waals surface area contributed by atoms with Crippen molar-refractivity contribution in [2.24, 2.45) is 0 Å². The van der Waals surface area contributed by atoms with Gasteiger partial charge in [0.25, 0.3) is 0 Å². The molecule has 1 unspecified atom stereocenters. The van der Waals surface area contributed by atoms with E-state index in [1.165, 1.54) is 12.1 Å². The van der Waals surface area contributed by atoms with Crippen molar-refractivity contribution >= 4 is 39.6 Å². The van der Waals surface area contributed by atoms with Crippen molar-refractivity contribution in [1.29, 1.82) is 0 Å². The molecule has 0 spiro atoms. The van der Waals surface area contributed by atoms with Crippen molar-refractivity contribution in [3.8, 4) is 0 Å². The molecule has 6 heteroatoms. The van der Waals surface area contributed by atoms with Gasteiger partial charge in [-0.3, -0.25) is 4.79 Å². The minimum absolute atomic E-state index is 0.0276. The zero-order chi connectivity index (χ0) is 16.4. The Kier molecular flexibility index (Phi) is 4.61. The van der Waals surface area contributed by atoms with Crippen LogP contribution in [0, 0.1) is 9.39 Å². The highest BCUT2D eigenvalue weighted by molar-refractivity contribution is 14.1. The van der Waals surface area contributed by atoms with Gasteiger partial charge in [0.1, 0.15) is 11.6 Å². The second-order valence-corrected chi connectivity index (χ2v) is 6.64. The summed E-state index contributed by atoms with van der Waals surface area (Å²) in [5, 5.41) is 9.15. The van der Waals surface area contributed by atoms with E-state index in [0.29, 0.717) is 6.42 Å². The molecule has 2 N–H and O–H groups in total. The number of fused-ring (bicyclic) bond motifs is 1. The number of aromatic amines is 1. The van der Waals surface area contributed by atoms with Crippen LogP contribution in [-0.2, 0) is 11.2 Å². The summed E-state index contributed by atoms with van der Waals surface area (Å²) in [7, 11) is 0. The molecule has 3 aromatic rings. The minimum atomic E-state index is -0.884. The van der Waals surface area contributed by atoms with Crippen LogP contribution in [0.2, 0.25) is 0 Å². The fourth-order valence-corrected chi connectivity index (χ4v) is 3.09. The average Bonchev–Trinajstić information content (AvgIpc) is 2.88. The van der Waals surface area contributed by atoms with Gasteiger partial charge in [0.2, 0.25) is 0 Å². The van der Waals surface area contributed by atoms with Crippen LogP contribution in [0.4, 0.5) is 4.39 Å². The Labute approximate surface area is 145 Å². The normalized spacial score (nSPS) is 12.4. The fourth-order valence-electron chi connectivity index (χ4n) is 2.62. The van der Waals surface area contributed by atoms with E-state index >= 15 is 0 Å². The highest BCUT2D eigenvalue weighted by atomic mass is 127. The summed E-state index contributed by atoms with van der Waals surface area (Å²) in [5.41, 5.74) is 2.58. The van der Waals surface area contributed by atoms with E-state index in [-0.39, 0.29) is 18.2 Å². The molecule has 0 saturated heterocycles. The van der Waals surface area contributed by atoms with E-state index in [2.05, 4.69) is 32.6 Å². The molecule has 0 amide bonds. The summed E-state index contributed by atoms with van der Waals surface area (Å²) in [5.74, 6) is -0.739. The van der Waals surface area contributed by atoms with Crippen molar-refractivity contribution in [3.05, 3.63) is 63.2 Å². The zero-order valence-corrected chi connectivity index (χ0v) is 14.2. The summed E-state index contributed by atoms with van der Waals surface area (Å²) in [6.07, 6.45) is 0.434. The Morgan fingerprint density at radius 3 is 2.70 bits per heavy atom. The molecule has 0 radical (unpaired) electrons. The summed E-state index contributed by atoms with van der Waals surface area (Å²) in [4.78, 5) is 18.9. The zero-order valence-electron chi connectivity index (χ0n) is 12.1. The van der Waals surface area contributed by atoms with E-state index in [4.69, 9.17) is 5.11 Å². The summed E-state index contributed by atoms with van der Waals surface area (Å²) < 4.78 is 14.2. The van der Waals surface area contributed by atoms with Gasteiger partial charge in [-0.15, -0.1) is 0 Å². The maximum absolute atomic E-state index is 13.1. The molecule has 1 aromatic heterocycles. The predicted molar refractivity (Wildman–Crippen MR) is 93.9 cm³/mol. The second kappa shape index (κ2) is 6.66. The smallest absolute Gasteiger partial charge is 0.303 e. The van der Waals surface area contributed by atoms with Crippen LogP contribution < -0.4 is 0 Å². The number of hydrogen-bond donors (Lipinski definition) is 2. The number of carbonyl (C=O) groups is 1. The van der Waals surface area contributed by atoms with Crippen molar-refractivity contribution in [3.63, 3.8) is 0 Å². The van der Waals surface area contributed by atoms with Gasteiger partial charge in [-0.1, -0.05) is 12.1 Å². The van der Waals surface area contributed by atoms with Gasteiger partial charge in [-0.25, -0.2) is 9.37 Å². The third-order valence-corrected chi connectivity index (χ3v) is 4.37. The molecule has 0 bridgehead atoms. The number of H-pyrrole nitrogens is 1. The second-order valence-electron chi connectivity index (χ2n) is 5.40. The summed E-state index contributed by atoms with van der Waals surface area (Å²) in [6.45, 7) is 0. The first-order chi connectivity index (χ1) is 11.0. The summed E-state index contributed by atoms with van der Waals surface area (Å²) in [6, 6.07) is 11.9. The van der Waals surface area contributed by atoms with E-state index in [1.54, 1.807) is 12.1 Å². The van der Waals surface area contributed by atoms with Gasteiger partial charge in [0.05, 0.1) is 17.5 Å². The number of carboxylic acids is 1. The lowest BCUT2D eigenvalue weighted by Gasteiger charge is -2.14. The maximum atomic E-state index is 13.1. The number of imidazole rings is 1. The largest absolute Gasteiger partial charge is 0.481 e. The van der Waals surface area contributed by atoms with Gasteiger partial charge in [0.15, 0.2) is 0 Å². The number of aliphatic carboxylic acids is 1. The van der Waals surface area contributed by atoms with Gasteiger partial charge >= 0.3 is 5.97 Å². The summed E-state index contributed by atoms with van der Waals surface area (Å²) >= 11 is 2.22. The topological polar surface area (TPSA) is 66.0 Å². The quantitative estimate of drug-likeness (QED) is 0.606. The first kappa shape index (κ1) is 15.9. The third-order valence-electron chi connectivity index (χ3n) is 3.70. The Bertz CT molecular complexity index is 845. The standard InChI is InChI=1S/C17H14FIN2O2/c18-12-3-1-10(2-4-12)11(8-17(22)23)7-16-20-14-6-5-13(19)9-15(14)21-16/h1-6,9,11H,7-8H2,(H,20,21)(H,22,23). The molecule has 23 heavy (non-hydrogen) atoms. The number of nitrogens with one attached hydrogen (secondary N) is 1. The van der Waals surface area contributed by atoms with Crippen LogP contribution >= 0.6 is 22.6 Å². The van der Waals surface area contributed by atoms with Crippen LogP contribution in [0.5, 0.6) is 0 Å². The highest BCUT2D eigenvalue weighted by Gasteiger charge is 2.18. The SMILES string of the molecule is O=C(O)CC(Cc1nc2cc(I)ccc2[nH]1)c1ccc(F)cc1. The molecule has 1 atom stereocenters. The van der Waals surface area contributed by atoms with Gasteiger partial charge in [-0.2, -0.15) is 0 Å². The van der Waals surface area contributed by atoms with Crippen LogP contribution in [-0.4, -0.2) is 21.0 Å². The van der Waals surface area contributed by atoms with Gasteiger partial charge < -0.3 is 10.1 Å². The molecule has 0 fully saturated rings. The number of aromatic nitrogens is 2. The molecule has 2 aromatic carbocycles. The van der Waals surface area contributed by atoms with Crippen LogP contribution in [0.25, 0.3) is 11.0 Å². The maximum Gasteiger partial charge on any atom is 0.303 e. The predicted octanol–water partition coefficient (Wildman–Crippen LogP) is 4.11. The Morgan fingerprint density at radius 2 is 2.00 bits per heavy atom. The van der Waals surface area contributed by atoms with Crippen molar-refractivity contribution in [2.45, 2.75) is 18.8 Å². The molecular formula is C17H14FIN2O2. The van der Waals surface area contributed by atoms with Crippen molar-refractivity contribution < 1.29 is 14.3 Å². The first-order valence-corrected chi connectivity index (χ1v) is 8.20. The lowest BCUT2D eigenvalue weighted by Crippen LogP contribution is -2.10. The molecule has 118 valence electrons. The molecule has 0 aliphatic heterocycles. The molecule has 3 rings (SSSR count). The molecule has 0 aliphatic carbocycles. The Hall–Kier alpha value is -1.96. The monoisotopic (exact) mass is 424 g/mol. The van der Waals surface area contributed by atoms with E-state index < -0.39 is 5.97 Å². The lowest BCUT2D eigenvalue weighted by atomic mass is 9.92. The number of carboxylic acid groups (broad SMARTS) is 1. The highest BCUT2D eigenvalue weighted by Crippen LogP contribution is 2.25. The van der Waals surface area contributed by atoms with Crippen LogP contribution in [0.3, 0.4) is 0 Å². The Balaban J connectivity index is 1.89. The Morgan fingerprint density at radius 1 is 1.26 bits per heavy atom. The minimum Gasteiger partial charge on any atom is -0.481 e. The number of benzene rings is 2. The molecule has 0 aliphatic rings. The van der Waals surface area contributed by atoms with Crippen LogP contribution in [0.15, 0.2) is 42.5 Å². The fraction of sp³-hybridized carbons (Fsp3) is 0.176. The van der Waals surface area contributed by atoms with Gasteiger partial charge in [-0.05, 0) is 58.5 Å². The van der Waals surface area contributed by atoms with E-state index in [1.807, 2.05) is 18.2 Å². The molecule has 1 heterocycles. The molecule has 0 saturated carbocycles. The number of rotatable bonds is 5. The molecular weight excluding hydrogens is 410 g/mol.